The molecule has 0 N–H and O–H groups in total. The van der Waals surface area contributed by atoms with Gasteiger partial charge in [0.25, 0.3) is 0 Å². The smallest absolute Gasteiger partial charge is 0.0408 e. The molecule has 4 aromatic rings. The zero-order valence-electron chi connectivity index (χ0n) is 18.6. The first-order chi connectivity index (χ1) is 15.4. The van der Waals surface area contributed by atoms with E-state index >= 15 is 0 Å². The third-order valence-electron chi connectivity index (χ3n) is 4.68. The van der Waals surface area contributed by atoms with Crippen molar-refractivity contribution in [3.63, 3.8) is 0 Å². The Hall–Kier alpha value is -1.82. The van der Waals surface area contributed by atoms with Crippen molar-refractivity contribution >= 4 is 29.1 Å². The van der Waals surface area contributed by atoms with Crippen molar-refractivity contribution in [1.29, 1.82) is 0 Å². The van der Waals surface area contributed by atoms with Crippen molar-refractivity contribution in [3.8, 4) is 11.3 Å². The number of hydrogen-bond donors (Lipinski definition) is 0. The molecule has 33 heavy (non-hydrogen) atoms. The Balaban J connectivity index is 0.000000298. The van der Waals surface area contributed by atoms with Crippen molar-refractivity contribution in [2.45, 2.75) is 26.2 Å². The minimum atomic E-state index is -0.635. The molecule has 1 aromatic heterocycles. The number of nitrogens with zero attached hydrogens (tertiary/aromatic N) is 1. The summed E-state index contributed by atoms with van der Waals surface area (Å²) >= 11 is 0. The summed E-state index contributed by atoms with van der Waals surface area (Å²) in [6, 6.07) is 28.6. The molecule has 1 nitrogen and oxygen atoms in total. The van der Waals surface area contributed by atoms with Crippen LogP contribution in [0.25, 0.3) is 11.3 Å². The van der Waals surface area contributed by atoms with Crippen molar-refractivity contribution in [2.75, 3.05) is 0 Å². The van der Waals surface area contributed by atoms with E-state index in [0.29, 0.717) is 11.6 Å². The molecule has 1 radical (unpaired) electrons. The molecule has 3 unspecified atom stereocenters. The second-order valence-corrected chi connectivity index (χ2v) is 8.48. The molecule has 6 heteroatoms. The first-order valence-corrected chi connectivity index (χ1v) is 11.5. The van der Waals surface area contributed by atoms with E-state index in [1.165, 1.54) is 10.6 Å². The number of pyridine rings is 1. The van der Waals surface area contributed by atoms with Crippen LogP contribution in [-0.4, -0.2) is 4.98 Å². The van der Waals surface area contributed by atoms with Gasteiger partial charge in [-0.05, 0) is 34.7 Å². The number of rotatable bonds is 3. The van der Waals surface area contributed by atoms with Gasteiger partial charge >= 0.3 is 0 Å². The third kappa shape index (κ3) is 10.8. The summed E-state index contributed by atoms with van der Waals surface area (Å²) in [6.07, 6.45) is 2.65. The van der Waals surface area contributed by atoms with Gasteiger partial charge < -0.3 is 4.98 Å². The number of benzene rings is 3. The summed E-state index contributed by atoms with van der Waals surface area (Å²) in [4.78, 5) is 4.12. The van der Waals surface area contributed by atoms with Gasteiger partial charge in [0.2, 0.25) is 0 Å². The molecule has 0 amide bonds. The summed E-state index contributed by atoms with van der Waals surface area (Å²) < 4.78 is 26.5. The van der Waals surface area contributed by atoms with Crippen molar-refractivity contribution in [2.24, 2.45) is 0 Å². The van der Waals surface area contributed by atoms with Crippen LogP contribution in [0, 0.1) is 17.7 Å². The summed E-state index contributed by atoms with van der Waals surface area (Å²) in [6.45, 7) is 4.19. The zero-order chi connectivity index (χ0) is 23.3. The fourth-order valence-electron chi connectivity index (χ4n) is 2.67. The molecule has 4 rings (SSSR count). The predicted molar refractivity (Wildman–Crippen MR) is 139 cm³/mol. The topological polar surface area (TPSA) is 12.9 Å². The molecule has 3 aromatic carbocycles. The Morgan fingerprint density at radius 1 is 0.879 bits per heavy atom. The van der Waals surface area contributed by atoms with Crippen LogP contribution in [-0.2, 0) is 20.1 Å². The number of hydrogen-bond acceptors (Lipinski definition) is 1. The Bertz CT molecular complexity index is 1040. The summed E-state index contributed by atoms with van der Waals surface area (Å²) in [5, 5.41) is 2.48. The Morgan fingerprint density at radius 3 is 1.85 bits per heavy atom. The Morgan fingerprint density at radius 2 is 1.42 bits per heavy atom. The molecule has 3 atom stereocenters. The zero-order valence-corrected chi connectivity index (χ0v) is 23.3. The normalized spacial score (nSPS) is 10.5. The van der Waals surface area contributed by atoms with Crippen LogP contribution in [0.3, 0.4) is 0 Å². The maximum absolute atomic E-state index is 13.6. The van der Waals surface area contributed by atoms with E-state index in [1.54, 1.807) is 6.20 Å². The molecular formula is C27H28F2IrNP2-. The second-order valence-electron chi connectivity index (χ2n) is 7.15. The molecule has 0 aliphatic carbocycles. The van der Waals surface area contributed by atoms with Crippen LogP contribution in [0.1, 0.15) is 31.7 Å². The summed E-state index contributed by atoms with van der Waals surface area (Å²) in [7, 11) is 5.26. The SMILES string of the molecule is CCC(C)c1ccnc(-c2[c-]cc(F)cc2F)c1.Pc1ccccc1.Pc1ccccc1.[Ir]. The molecule has 0 saturated heterocycles. The first kappa shape index (κ1) is 29.2. The van der Waals surface area contributed by atoms with Crippen LogP contribution in [0.4, 0.5) is 8.78 Å². The van der Waals surface area contributed by atoms with E-state index in [4.69, 9.17) is 0 Å². The van der Waals surface area contributed by atoms with Crippen molar-refractivity contribution in [3.05, 3.63) is 114 Å². The Labute approximate surface area is 214 Å². The molecule has 0 bridgehead atoms. The van der Waals surface area contributed by atoms with E-state index in [0.717, 1.165) is 24.1 Å². The molecule has 0 aliphatic rings. The van der Waals surface area contributed by atoms with Gasteiger partial charge in [-0.3, -0.25) is 8.78 Å². The van der Waals surface area contributed by atoms with Gasteiger partial charge in [0.05, 0.1) is 0 Å². The van der Waals surface area contributed by atoms with Gasteiger partial charge in [-0.2, -0.15) is 0 Å². The fourth-order valence-corrected chi connectivity index (χ4v) is 3.12. The van der Waals surface area contributed by atoms with Gasteiger partial charge in [0.1, 0.15) is 0 Å². The standard InChI is InChI=1S/C15H14F2N.2C6H7P.Ir/c1-3-10(2)11-6-7-18-15(8-11)13-5-4-12(16)9-14(13)17;2*7-6-4-2-1-3-5-6;/h4,6-10H,3H2,1-2H3;2*1-5H,7H2;/q-1;;;. The van der Waals surface area contributed by atoms with Gasteiger partial charge in [0.15, 0.2) is 0 Å². The van der Waals surface area contributed by atoms with Crippen LogP contribution in [0.5, 0.6) is 0 Å². The monoisotopic (exact) mass is 659 g/mol. The van der Waals surface area contributed by atoms with Crippen LogP contribution in [0.2, 0.25) is 0 Å². The van der Waals surface area contributed by atoms with Gasteiger partial charge in [-0.25, -0.2) is 0 Å². The molecule has 175 valence electrons. The molecule has 0 aliphatic heterocycles. The minimum Gasteiger partial charge on any atom is -0.305 e. The van der Waals surface area contributed by atoms with Crippen molar-refractivity contribution in [1.82, 2.24) is 4.98 Å². The van der Waals surface area contributed by atoms with Gasteiger partial charge in [0, 0.05) is 37.9 Å². The molecule has 1 heterocycles. The largest absolute Gasteiger partial charge is 0.305 e. The average molecular weight is 659 g/mol. The third-order valence-corrected chi connectivity index (χ3v) is 5.45. The maximum Gasteiger partial charge on any atom is 0.0408 e. The molecule has 0 saturated carbocycles. The van der Waals surface area contributed by atoms with Gasteiger partial charge in [-0.15, -0.1) is 30.6 Å². The number of halogens is 2. The number of aromatic nitrogens is 1. The van der Waals surface area contributed by atoms with E-state index in [-0.39, 0.29) is 25.7 Å². The van der Waals surface area contributed by atoms with Gasteiger partial charge in [-0.1, -0.05) is 97.8 Å². The predicted octanol–water partition coefficient (Wildman–Crippen LogP) is 6.71. The summed E-state index contributed by atoms with van der Waals surface area (Å²) in [5.41, 5.74) is 1.80. The minimum absolute atomic E-state index is 0. The van der Waals surface area contributed by atoms with E-state index < -0.39 is 11.6 Å². The van der Waals surface area contributed by atoms with Crippen LogP contribution >= 0.6 is 18.5 Å². The molecule has 0 spiro atoms. The van der Waals surface area contributed by atoms with E-state index in [1.807, 2.05) is 72.8 Å². The van der Waals surface area contributed by atoms with E-state index in [2.05, 4.69) is 43.4 Å². The maximum atomic E-state index is 13.6. The van der Waals surface area contributed by atoms with Crippen LogP contribution < -0.4 is 10.6 Å². The summed E-state index contributed by atoms with van der Waals surface area (Å²) in [5.74, 6) is -0.881. The first-order valence-electron chi connectivity index (χ1n) is 10.3. The molecular weight excluding hydrogens is 630 g/mol. The second kappa shape index (κ2) is 15.9. The fraction of sp³-hybridized carbons (Fsp3) is 0.148. The van der Waals surface area contributed by atoms with Crippen molar-refractivity contribution < 1.29 is 28.9 Å². The van der Waals surface area contributed by atoms with Crippen LogP contribution in [0.15, 0.2) is 91.1 Å². The molecule has 0 fully saturated rings. The quantitative estimate of drug-likeness (QED) is 0.176. The average Bonchev–Trinajstić information content (AvgIpc) is 2.80. The Kier molecular flexibility index (Phi) is 14.1. The van der Waals surface area contributed by atoms with E-state index in [9.17, 15) is 8.78 Å².